The lowest BCUT2D eigenvalue weighted by Gasteiger charge is -2.39. The molecule has 10 rings (SSSR count). The van der Waals surface area contributed by atoms with Crippen molar-refractivity contribution in [2.75, 3.05) is 60.5 Å². The van der Waals surface area contributed by atoms with Crippen LogP contribution in [0.4, 0.5) is 27.9 Å². The Balaban J connectivity index is 0.000000194. The first-order valence-corrected chi connectivity index (χ1v) is 25.8. The number of rotatable bonds is 14. The van der Waals surface area contributed by atoms with Gasteiger partial charge in [0, 0.05) is 66.4 Å². The van der Waals surface area contributed by atoms with Crippen molar-refractivity contribution in [2.24, 2.45) is 0 Å². The highest BCUT2D eigenvalue weighted by Gasteiger charge is 2.45. The quantitative estimate of drug-likeness (QED) is 0.0573. The molecule has 77 heavy (non-hydrogen) atoms. The molecule has 24 nitrogen and oxygen atoms in total. The molecule has 2 aromatic carbocycles. The van der Waals surface area contributed by atoms with Crippen LogP contribution in [-0.4, -0.2) is 138 Å². The van der Waals surface area contributed by atoms with Gasteiger partial charge < -0.3 is 70.7 Å². The number of fused-ring (bicyclic) bond motifs is 6. The molecule has 5 aliphatic rings. The van der Waals surface area contributed by atoms with Crippen molar-refractivity contribution >= 4 is 70.4 Å². The molecular weight excluding hydrogens is 999 g/mol. The van der Waals surface area contributed by atoms with Gasteiger partial charge in [0.2, 0.25) is 12.4 Å². The number of aliphatic hydroxyl groups is 1. The lowest BCUT2D eigenvalue weighted by Crippen LogP contribution is -2.50. The van der Waals surface area contributed by atoms with E-state index in [-0.39, 0.29) is 54.8 Å². The number of carbonyl (C=O) groups excluding carboxylic acids is 4. The molecule has 24 heteroatoms. The molecule has 0 bridgehead atoms. The summed E-state index contributed by atoms with van der Waals surface area (Å²) in [6, 6.07) is 12.1. The number of hydrogen-bond donors (Lipinski definition) is 8. The number of aliphatic carboxylic acids is 2. The molecule has 0 radical (unpaired) electrons. The SMILES string of the molecule is CCc1c2c(nc3ccc(OC(=O)N4CCC(N5CCCCC5)CC4)cc13)-c1cc3c(c(=O)n1C2)COC(=O)[C@]3(O)CC.Nc1nc(=O)c2c([nH]1)NCC(CNc1ccc(C(=O)N[C@@H](CCC(=O)O)C(=O)O)cc1)N2C=O. The smallest absolute Gasteiger partial charge is 0.415 e. The van der Waals surface area contributed by atoms with Crippen LogP contribution in [-0.2, 0) is 49.1 Å². The van der Waals surface area contributed by atoms with Crippen LogP contribution in [0.3, 0.4) is 0 Å². The number of hydrogen-bond acceptors (Lipinski definition) is 17. The molecule has 0 aliphatic carbocycles. The number of aryl methyl sites for hydroxylation is 1. The minimum Gasteiger partial charge on any atom is -0.481 e. The van der Waals surface area contributed by atoms with Crippen LogP contribution < -0.4 is 42.4 Å². The van der Waals surface area contributed by atoms with E-state index in [1.165, 1.54) is 49.4 Å². The molecule has 406 valence electrons. The van der Waals surface area contributed by atoms with E-state index in [1.807, 2.05) is 17.0 Å². The molecule has 3 atom stereocenters. The fourth-order valence-electron chi connectivity index (χ4n) is 10.9. The molecule has 0 saturated carbocycles. The van der Waals surface area contributed by atoms with Crippen LogP contribution in [0.1, 0.15) is 97.8 Å². The zero-order valence-corrected chi connectivity index (χ0v) is 42.6. The van der Waals surface area contributed by atoms with Gasteiger partial charge in [-0.25, -0.2) is 19.4 Å². The number of nitrogens with zero attached hydrogens (tertiary/aromatic N) is 6. The summed E-state index contributed by atoms with van der Waals surface area (Å²) in [6.45, 7) is 8.23. The maximum Gasteiger partial charge on any atom is 0.415 e. The molecule has 5 aliphatic heterocycles. The predicted molar refractivity (Wildman–Crippen MR) is 281 cm³/mol. The molecule has 0 spiro atoms. The second-order valence-corrected chi connectivity index (χ2v) is 19.7. The summed E-state index contributed by atoms with van der Waals surface area (Å²) < 4.78 is 12.7. The number of likely N-dealkylation sites (tertiary alicyclic amines) is 2. The van der Waals surface area contributed by atoms with Crippen LogP contribution in [0, 0.1) is 0 Å². The third-order valence-electron chi connectivity index (χ3n) is 15.1. The number of nitrogens with two attached hydrogens (primary N) is 1. The van der Waals surface area contributed by atoms with E-state index < -0.39 is 53.5 Å². The van der Waals surface area contributed by atoms with Gasteiger partial charge in [-0.05, 0) is 112 Å². The average Bonchev–Trinajstić information content (AvgIpc) is 3.87. The number of aromatic amines is 1. The van der Waals surface area contributed by atoms with E-state index >= 15 is 0 Å². The van der Waals surface area contributed by atoms with Crippen LogP contribution in [0.2, 0.25) is 0 Å². The fourth-order valence-corrected chi connectivity index (χ4v) is 10.9. The summed E-state index contributed by atoms with van der Waals surface area (Å²) in [4.78, 5) is 114. The minimum atomic E-state index is -1.86. The number of piperidine rings is 2. The zero-order valence-electron chi connectivity index (χ0n) is 42.6. The number of carboxylic acids is 2. The number of pyridine rings is 2. The Kier molecular flexibility index (Phi) is 15.6. The maximum atomic E-state index is 13.6. The van der Waals surface area contributed by atoms with Gasteiger partial charge in [0.25, 0.3) is 11.5 Å². The van der Waals surface area contributed by atoms with Crippen molar-refractivity contribution in [3.63, 3.8) is 0 Å². The second-order valence-electron chi connectivity index (χ2n) is 19.7. The van der Waals surface area contributed by atoms with Crippen LogP contribution in [0.15, 0.2) is 58.1 Å². The number of benzene rings is 2. The summed E-state index contributed by atoms with van der Waals surface area (Å²) in [7, 11) is 0. The second kappa shape index (κ2) is 22.5. The number of anilines is 4. The van der Waals surface area contributed by atoms with Gasteiger partial charge >= 0.3 is 29.6 Å². The Morgan fingerprint density at radius 3 is 2.39 bits per heavy atom. The topological polar surface area (TPSA) is 334 Å². The fraction of sp³-hybridized carbons (Fsp3) is 0.434. The largest absolute Gasteiger partial charge is 0.481 e. The molecular formula is C53H61N11O13. The Morgan fingerprint density at radius 2 is 1.71 bits per heavy atom. The number of esters is 1. The van der Waals surface area contributed by atoms with Gasteiger partial charge in [-0.1, -0.05) is 20.3 Å². The minimum absolute atomic E-state index is 0.0603. The molecule has 1 unspecified atom stereocenters. The number of aromatic nitrogens is 4. The lowest BCUT2D eigenvalue weighted by molar-refractivity contribution is -0.172. The normalized spacial score (nSPS) is 19.2. The number of nitrogens with one attached hydrogen (secondary N) is 4. The van der Waals surface area contributed by atoms with Crippen molar-refractivity contribution in [1.82, 2.24) is 34.6 Å². The van der Waals surface area contributed by atoms with E-state index in [0.717, 1.165) is 34.9 Å². The number of amides is 3. The lowest BCUT2D eigenvalue weighted by atomic mass is 9.86. The Labute approximate surface area is 440 Å². The van der Waals surface area contributed by atoms with Crippen molar-refractivity contribution in [1.29, 1.82) is 0 Å². The van der Waals surface area contributed by atoms with E-state index in [4.69, 9.17) is 25.3 Å². The third-order valence-corrected chi connectivity index (χ3v) is 15.1. The maximum absolute atomic E-state index is 13.6. The van der Waals surface area contributed by atoms with E-state index in [9.17, 15) is 48.6 Å². The highest BCUT2D eigenvalue weighted by molar-refractivity contribution is 5.97. The van der Waals surface area contributed by atoms with Gasteiger partial charge in [0.15, 0.2) is 11.3 Å². The Bertz CT molecular complexity index is 3260. The van der Waals surface area contributed by atoms with E-state index in [2.05, 4.69) is 37.7 Å². The van der Waals surface area contributed by atoms with Crippen molar-refractivity contribution in [3.05, 3.63) is 97.1 Å². The zero-order chi connectivity index (χ0) is 54.7. The van der Waals surface area contributed by atoms with Crippen molar-refractivity contribution in [3.8, 4) is 17.1 Å². The third kappa shape index (κ3) is 10.9. The first-order valence-electron chi connectivity index (χ1n) is 25.8. The number of carbonyl (C=O) groups is 6. The number of ether oxygens (including phenoxy) is 2. The van der Waals surface area contributed by atoms with Gasteiger partial charge in [-0.15, -0.1) is 0 Å². The van der Waals surface area contributed by atoms with Gasteiger partial charge in [0.05, 0.1) is 35.1 Å². The van der Waals surface area contributed by atoms with Gasteiger partial charge in [-0.2, -0.15) is 4.98 Å². The molecule has 5 aromatic rings. The van der Waals surface area contributed by atoms with Gasteiger partial charge in [0.1, 0.15) is 24.2 Å². The monoisotopic (exact) mass is 1060 g/mol. The summed E-state index contributed by atoms with van der Waals surface area (Å²) in [6.07, 6.45) is 6.16. The summed E-state index contributed by atoms with van der Waals surface area (Å²) in [5.74, 6) is -3.18. The number of carboxylic acid groups (broad SMARTS) is 2. The highest BCUT2D eigenvalue weighted by atomic mass is 16.6. The number of nitrogen functional groups attached to an aromatic ring is 1. The Hall–Kier alpha value is -8.38. The van der Waals surface area contributed by atoms with Crippen molar-refractivity contribution < 1.29 is 53.6 Å². The summed E-state index contributed by atoms with van der Waals surface area (Å²) in [5, 5.41) is 38.3. The number of H-pyrrole nitrogens is 1. The van der Waals surface area contributed by atoms with Crippen LogP contribution in [0.5, 0.6) is 5.75 Å². The summed E-state index contributed by atoms with van der Waals surface area (Å²) >= 11 is 0. The van der Waals surface area contributed by atoms with Gasteiger partial charge in [-0.3, -0.25) is 24.0 Å². The first kappa shape index (κ1) is 53.4. The van der Waals surface area contributed by atoms with E-state index in [0.29, 0.717) is 84.8 Å². The molecule has 9 N–H and O–H groups in total. The highest BCUT2D eigenvalue weighted by Crippen LogP contribution is 2.41. The Morgan fingerprint density at radius 1 is 0.974 bits per heavy atom. The van der Waals surface area contributed by atoms with E-state index in [1.54, 1.807) is 35.8 Å². The summed E-state index contributed by atoms with van der Waals surface area (Å²) in [5.41, 5.74) is 8.13. The molecule has 2 saturated heterocycles. The molecule has 8 heterocycles. The predicted octanol–water partition coefficient (Wildman–Crippen LogP) is 3.36. The number of cyclic esters (lactones) is 1. The molecule has 3 aromatic heterocycles. The molecule has 3 amide bonds. The first-order chi connectivity index (χ1) is 37.0. The van der Waals surface area contributed by atoms with Crippen LogP contribution >= 0.6 is 0 Å². The van der Waals surface area contributed by atoms with Crippen molar-refractivity contribution in [2.45, 2.75) is 109 Å². The van der Waals surface area contributed by atoms with Crippen LogP contribution in [0.25, 0.3) is 22.3 Å². The standard InChI is InChI=1S/C33H38N4O6.C20H23N7O7/c1-3-22-23-16-21(43-32(40)36-14-10-20(11-15-36)35-12-6-5-7-13-35)8-9-27(23)34-29-24(22)18-37-28(29)17-26-25(30(37)38)19-42-31(39)33(26,41)4-2;21-20-25-16-15(18(32)26-20)27(9-28)12(8-23-16)7-22-11-3-1-10(2-4-11)17(31)24-13(19(33)34)5-6-14(29)30/h8-9,16-17,20,41H,3-7,10-15,18-19H2,1-2H3;1-4,9,12-13,22H,5-8H2,(H,24,31)(H,29,30)(H,33,34)(H4,21,23,25,26,32)/t33-;12?,13-/m00/s1. The average molecular weight is 1060 g/mol. The molecule has 2 fully saturated rings.